The fourth-order valence-electron chi connectivity index (χ4n) is 4.09. The van der Waals surface area contributed by atoms with Crippen molar-refractivity contribution in [3.63, 3.8) is 0 Å². The Morgan fingerprint density at radius 1 is 1.09 bits per heavy atom. The maximum atomic E-state index is 12.1. The molecule has 2 aromatic carbocycles. The predicted octanol–water partition coefficient (Wildman–Crippen LogP) is 2.41. The summed E-state index contributed by atoms with van der Waals surface area (Å²) >= 11 is 0. The van der Waals surface area contributed by atoms with E-state index in [1.165, 1.54) is 13.8 Å². The topological polar surface area (TPSA) is 113 Å². The molecular formula is C25H29NO8. The fourth-order valence-corrected chi connectivity index (χ4v) is 4.09. The molecule has 0 aromatic heterocycles. The summed E-state index contributed by atoms with van der Waals surface area (Å²) < 4.78 is 30.3. The molecule has 0 unspecified atom stereocenters. The minimum Gasteiger partial charge on any atom is -0.479 e. The first-order valence-corrected chi connectivity index (χ1v) is 11.2. The van der Waals surface area contributed by atoms with Crippen LogP contribution < -0.4 is 5.32 Å². The summed E-state index contributed by atoms with van der Waals surface area (Å²) in [5, 5.41) is 12.3. The molecule has 2 fully saturated rings. The Labute approximate surface area is 197 Å². The average Bonchev–Trinajstić information content (AvgIpc) is 2.84. The highest BCUT2D eigenvalue weighted by Gasteiger charge is 2.52. The number of benzene rings is 2. The van der Waals surface area contributed by atoms with Crippen LogP contribution in [0.2, 0.25) is 0 Å². The summed E-state index contributed by atoms with van der Waals surface area (Å²) in [4.78, 5) is 23.7. The minimum absolute atomic E-state index is 0.184. The predicted molar refractivity (Wildman–Crippen MR) is 119 cm³/mol. The molecule has 0 bridgehead atoms. The molecular weight excluding hydrogens is 442 g/mol. The number of hydrogen-bond acceptors (Lipinski definition) is 7. The van der Waals surface area contributed by atoms with Gasteiger partial charge >= 0.3 is 5.97 Å². The van der Waals surface area contributed by atoms with Gasteiger partial charge in [-0.15, -0.1) is 0 Å². The van der Waals surface area contributed by atoms with Gasteiger partial charge in [-0.05, 0) is 12.5 Å². The number of carbonyl (C=O) groups excluding carboxylic acids is 1. The second-order valence-electron chi connectivity index (χ2n) is 8.32. The van der Waals surface area contributed by atoms with Crippen molar-refractivity contribution in [2.45, 2.75) is 63.5 Å². The van der Waals surface area contributed by atoms with Crippen LogP contribution in [0.25, 0.3) is 0 Å². The average molecular weight is 472 g/mol. The lowest BCUT2D eigenvalue weighted by Gasteiger charge is -2.49. The van der Waals surface area contributed by atoms with Crippen LogP contribution in [0.5, 0.6) is 0 Å². The molecule has 0 aliphatic carbocycles. The Bertz CT molecular complexity index is 956. The van der Waals surface area contributed by atoms with Crippen molar-refractivity contribution in [1.29, 1.82) is 0 Å². The fraction of sp³-hybridized carbons (Fsp3) is 0.440. The van der Waals surface area contributed by atoms with E-state index in [0.29, 0.717) is 0 Å². The normalized spacial score (nSPS) is 29.6. The second-order valence-corrected chi connectivity index (χ2v) is 8.32. The van der Waals surface area contributed by atoms with Gasteiger partial charge < -0.3 is 34.1 Å². The third-order valence-corrected chi connectivity index (χ3v) is 5.75. The van der Waals surface area contributed by atoms with Gasteiger partial charge in [0.05, 0.1) is 13.2 Å². The number of carbonyl (C=O) groups is 2. The molecule has 34 heavy (non-hydrogen) atoms. The SMILES string of the molecule is CC(=O)N[C@H]1[C@H](OCc2ccccc2)O[C@@H]2CO[C@@H](c3ccccc3)O[C@H]2[C@@H]1O[C@@H](C)C(=O)O. The quantitative estimate of drug-likeness (QED) is 0.604. The van der Waals surface area contributed by atoms with Crippen molar-refractivity contribution in [2.24, 2.45) is 0 Å². The molecule has 9 heteroatoms. The largest absolute Gasteiger partial charge is 0.479 e. The Hall–Kier alpha value is -2.82. The van der Waals surface area contributed by atoms with Gasteiger partial charge in [0.15, 0.2) is 18.7 Å². The van der Waals surface area contributed by atoms with Crippen molar-refractivity contribution in [3.05, 3.63) is 71.8 Å². The molecule has 2 heterocycles. The van der Waals surface area contributed by atoms with Gasteiger partial charge in [0, 0.05) is 12.5 Å². The number of aliphatic carboxylic acids is 1. The second kappa shape index (κ2) is 11.1. The van der Waals surface area contributed by atoms with Gasteiger partial charge in [0.2, 0.25) is 5.91 Å². The monoisotopic (exact) mass is 471 g/mol. The number of ether oxygens (including phenoxy) is 5. The lowest BCUT2D eigenvalue weighted by molar-refractivity contribution is -0.351. The molecule has 4 rings (SSSR count). The van der Waals surface area contributed by atoms with Crippen molar-refractivity contribution in [1.82, 2.24) is 5.32 Å². The van der Waals surface area contributed by atoms with Gasteiger partial charge in [-0.3, -0.25) is 4.79 Å². The number of nitrogens with one attached hydrogen (secondary N) is 1. The summed E-state index contributed by atoms with van der Waals surface area (Å²) in [6.45, 7) is 3.22. The minimum atomic E-state index is -1.14. The van der Waals surface area contributed by atoms with Crippen LogP contribution in [0, 0.1) is 0 Å². The van der Waals surface area contributed by atoms with E-state index in [2.05, 4.69) is 5.32 Å². The highest BCUT2D eigenvalue weighted by Crippen LogP contribution is 2.36. The van der Waals surface area contributed by atoms with Crippen molar-refractivity contribution < 1.29 is 38.4 Å². The lowest BCUT2D eigenvalue weighted by Crippen LogP contribution is -2.67. The van der Waals surface area contributed by atoms with Crippen LogP contribution in [0.4, 0.5) is 0 Å². The van der Waals surface area contributed by atoms with E-state index in [1.807, 2.05) is 60.7 Å². The number of rotatable bonds is 8. The van der Waals surface area contributed by atoms with E-state index in [9.17, 15) is 14.7 Å². The Kier molecular flexibility index (Phi) is 7.91. The van der Waals surface area contributed by atoms with Gasteiger partial charge in [-0.25, -0.2) is 4.79 Å². The smallest absolute Gasteiger partial charge is 0.332 e. The summed E-state index contributed by atoms with van der Waals surface area (Å²) in [5.74, 6) is -1.46. The highest BCUT2D eigenvalue weighted by atomic mass is 16.8. The molecule has 0 saturated carbocycles. The first kappa shape index (κ1) is 24.3. The van der Waals surface area contributed by atoms with E-state index < -0.39 is 49.0 Å². The first-order valence-electron chi connectivity index (χ1n) is 11.2. The number of hydrogen-bond donors (Lipinski definition) is 2. The number of amides is 1. The maximum Gasteiger partial charge on any atom is 0.332 e. The van der Waals surface area contributed by atoms with Crippen LogP contribution in [-0.2, 0) is 39.9 Å². The zero-order chi connectivity index (χ0) is 24.1. The van der Waals surface area contributed by atoms with Gasteiger partial charge in [-0.1, -0.05) is 60.7 Å². The molecule has 182 valence electrons. The van der Waals surface area contributed by atoms with Crippen LogP contribution >= 0.6 is 0 Å². The molecule has 2 aliphatic heterocycles. The Morgan fingerprint density at radius 3 is 2.41 bits per heavy atom. The molecule has 1 amide bonds. The Balaban J connectivity index is 1.59. The van der Waals surface area contributed by atoms with Crippen LogP contribution in [0.1, 0.15) is 31.3 Å². The highest BCUT2D eigenvalue weighted by molar-refractivity contribution is 5.73. The molecule has 0 spiro atoms. The van der Waals surface area contributed by atoms with Gasteiger partial charge in [0.25, 0.3) is 0 Å². The molecule has 2 aliphatic rings. The van der Waals surface area contributed by atoms with Crippen molar-refractivity contribution in [3.8, 4) is 0 Å². The molecule has 2 aromatic rings. The molecule has 9 nitrogen and oxygen atoms in total. The number of carboxylic acid groups (broad SMARTS) is 1. The summed E-state index contributed by atoms with van der Waals surface area (Å²) in [7, 11) is 0. The molecule has 0 radical (unpaired) electrons. The zero-order valence-corrected chi connectivity index (χ0v) is 19.0. The lowest BCUT2D eigenvalue weighted by atomic mass is 9.95. The van der Waals surface area contributed by atoms with Crippen molar-refractivity contribution >= 4 is 11.9 Å². The third-order valence-electron chi connectivity index (χ3n) is 5.75. The van der Waals surface area contributed by atoms with E-state index >= 15 is 0 Å². The number of carboxylic acids is 1. The molecule has 7 atom stereocenters. The van der Waals surface area contributed by atoms with E-state index in [-0.39, 0.29) is 19.1 Å². The van der Waals surface area contributed by atoms with Crippen molar-refractivity contribution in [2.75, 3.05) is 6.61 Å². The standard InChI is InChI=1S/C25H29NO8/c1-15(23(28)29)32-22-20(26-16(2)27)25(30-13-17-9-5-3-6-10-17)33-19-14-31-24(34-21(19)22)18-11-7-4-8-12-18/h3-12,15,19-22,24-25H,13-14H2,1-2H3,(H,26,27)(H,28,29)/t15-,19+,20+,21+,22+,24+,25+/m0/s1. The van der Waals surface area contributed by atoms with Crippen LogP contribution in [0.15, 0.2) is 60.7 Å². The molecule has 2 N–H and O–H groups in total. The van der Waals surface area contributed by atoms with Crippen LogP contribution in [-0.4, -0.2) is 60.3 Å². The van der Waals surface area contributed by atoms with E-state index in [0.717, 1.165) is 11.1 Å². The van der Waals surface area contributed by atoms with Gasteiger partial charge in [-0.2, -0.15) is 0 Å². The summed E-state index contributed by atoms with van der Waals surface area (Å²) in [6, 6.07) is 18.1. The zero-order valence-electron chi connectivity index (χ0n) is 19.0. The van der Waals surface area contributed by atoms with Crippen LogP contribution in [0.3, 0.4) is 0 Å². The summed E-state index contributed by atoms with van der Waals surface area (Å²) in [5.41, 5.74) is 1.73. The third kappa shape index (κ3) is 5.81. The van der Waals surface area contributed by atoms with E-state index in [1.54, 1.807) is 0 Å². The molecule has 2 saturated heterocycles. The number of fused-ring (bicyclic) bond motifs is 1. The Morgan fingerprint density at radius 2 is 1.76 bits per heavy atom. The van der Waals surface area contributed by atoms with E-state index in [4.69, 9.17) is 23.7 Å². The summed E-state index contributed by atoms with van der Waals surface area (Å²) in [6.07, 6.45) is -4.87. The first-order chi connectivity index (χ1) is 16.4. The maximum absolute atomic E-state index is 12.1. The van der Waals surface area contributed by atoms with Gasteiger partial charge in [0.1, 0.15) is 24.4 Å².